The summed E-state index contributed by atoms with van der Waals surface area (Å²) in [5.74, 6) is 0. The first kappa shape index (κ1) is 36.8. The Hall–Kier alpha value is -8.52. The maximum Gasteiger partial charge on any atom is 0.0726 e. The van der Waals surface area contributed by atoms with Crippen molar-refractivity contribution in [2.75, 3.05) is 4.90 Å². The van der Waals surface area contributed by atoms with Gasteiger partial charge in [-0.1, -0.05) is 212 Å². The second-order valence-corrected chi connectivity index (χ2v) is 18.6. The van der Waals surface area contributed by atoms with Crippen molar-refractivity contribution in [1.82, 2.24) is 0 Å². The minimum absolute atomic E-state index is 0.458. The molecule has 15 rings (SSSR count). The van der Waals surface area contributed by atoms with E-state index in [0.29, 0.717) is 0 Å². The Morgan fingerprint density at radius 3 is 0.955 bits per heavy atom. The molecule has 11 aromatic carbocycles. The van der Waals surface area contributed by atoms with Crippen LogP contribution in [0.3, 0.4) is 0 Å². The topological polar surface area (TPSA) is 3.24 Å². The van der Waals surface area contributed by atoms with Gasteiger partial charge in [0.05, 0.1) is 10.8 Å². The molecule has 0 heterocycles. The summed E-state index contributed by atoms with van der Waals surface area (Å²) < 4.78 is 0. The maximum absolute atomic E-state index is 2.52. The van der Waals surface area contributed by atoms with Crippen molar-refractivity contribution < 1.29 is 0 Å². The van der Waals surface area contributed by atoms with Crippen LogP contribution < -0.4 is 4.90 Å². The number of rotatable bonds is 4. The van der Waals surface area contributed by atoms with E-state index in [-0.39, 0.29) is 0 Å². The van der Waals surface area contributed by atoms with E-state index in [1.165, 1.54) is 111 Å². The van der Waals surface area contributed by atoms with Crippen LogP contribution in [0.5, 0.6) is 0 Å². The second-order valence-electron chi connectivity index (χ2n) is 18.6. The van der Waals surface area contributed by atoms with Crippen LogP contribution in [0.4, 0.5) is 17.1 Å². The van der Waals surface area contributed by atoms with Crippen LogP contribution in [0, 0.1) is 0 Å². The summed E-state index contributed by atoms with van der Waals surface area (Å²) in [6, 6.07) is 93.7. The fraction of sp³-hybridized carbons (Fsp3) is 0.0303. The molecule has 0 saturated heterocycles. The van der Waals surface area contributed by atoms with Gasteiger partial charge in [-0.25, -0.2) is 0 Å². The smallest absolute Gasteiger partial charge is 0.0726 e. The van der Waals surface area contributed by atoms with Gasteiger partial charge < -0.3 is 4.90 Å². The van der Waals surface area contributed by atoms with Crippen molar-refractivity contribution in [1.29, 1.82) is 0 Å². The summed E-state index contributed by atoms with van der Waals surface area (Å²) in [5, 5.41) is 2.51. The first-order valence-electron chi connectivity index (χ1n) is 23.5. The lowest BCUT2D eigenvalue weighted by molar-refractivity contribution is 0.792. The van der Waals surface area contributed by atoms with E-state index in [1.54, 1.807) is 0 Å². The number of fused-ring (bicyclic) bond motifs is 21. The zero-order valence-corrected chi connectivity index (χ0v) is 36.6. The summed E-state index contributed by atoms with van der Waals surface area (Å²) in [7, 11) is 0. The highest BCUT2D eigenvalue weighted by Crippen LogP contribution is 2.65. The molecule has 1 heteroatoms. The molecule has 0 atom stereocenters. The molecular weight excluding hydrogens is 807 g/mol. The van der Waals surface area contributed by atoms with Crippen molar-refractivity contribution in [3.8, 4) is 55.6 Å². The lowest BCUT2D eigenvalue weighted by atomic mass is 9.70. The molecule has 0 unspecified atom stereocenters. The third kappa shape index (κ3) is 4.68. The van der Waals surface area contributed by atoms with Gasteiger partial charge in [0.1, 0.15) is 0 Å². The summed E-state index contributed by atoms with van der Waals surface area (Å²) in [4.78, 5) is 2.51. The van der Waals surface area contributed by atoms with E-state index in [0.717, 1.165) is 17.1 Å². The number of benzene rings is 11. The Labute approximate surface area is 390 Å². The fourth-order valence-corrected chi connectivity index (χ4v) is 13.2. The molecule has 4 aliphatic carbocycles. The highest BCUT2D eigenvalue weighted by atomic mass is 15.1. The van der Waals surface area contributed by atoms with Crippen molar-refractivity contribution >= 4 is 27.8 Å². The number of hydrogen-bond acceptors (Lipinski definition) is 1. The lowest BCUT2D eigenvalue weighted by Gasteiger charge is -2.33. The molecule has 0 N–H and O–H groups in total. The Kier molecular flexibility index (Phi) is 7.42. The Bertz CT molecular complexity index is 3560. The first-order chi connectivity index (χ1) is 33.2. The van der Waals surface area contributed by atoms with E-state index in [4.69, 9.17) is 0 Å². The van der Waals surface area contributed by atoms with E-state index < -0.39 is 10.8 Å². The average Bonchev–Trinajstić information content (AvgIpc) is 4.08. The van der Waals surface area contributed by atoms with Gasteiger partial charge in [0.2, 0.25) is 0 Å². The van der Waals surface area contributed by atoms with Crippen LogP contribution in [0.25, 0.3) is 66.4 Å². The number of anilines is 3. The van der Waals surface area contributed by atoms with E-state index in [9.17, 15) is 0 Å². The largest absolute Gasteiger partial charge is 0.310 e. The van der Waals surface area contributed by atoms with Crippen LogP contribution in [0.2, 0.25) is 0 Å². The van der Waals surface area contributed by atoms with Crippen molar-refractivity contribution in [3.63, 3.8) is 0 Å². The van der Waals surface area contributed by atoms with Crippen LogP contribution in [0.1, 0.15) is 44.5 Å². The second kappa shape index (κ2) is 13.5. The molecule has 0 bridgehead atoms. The molecule has 2 spiro atoms. The van der Waals surface area contributed by atoms with Crippen LogP contribution in [-0.2, 0) is 10.8 Å². The minimum atomic E-state index is -0.458. The zero-order valence-electron chi connectivity index (χ0n) is 36.6. The molecular formula is C66H41N. The van der Waals surface area contributed by atoms with Crippen LogP contribution in [0.15, 0.2) is 249 Å². The average molecular weight is 848 g/mol. The third-order valence-electron chi connectivity index (χ3n) is 15.7. The summed E-state index contributed by atoms with van der Waals surface area (Å²) in [5.41, 5.74) is 26.1. The molecule has 0 aromatic heterocycles. The molecule has 67 heavy (non-hydrogen) atoms. The standard InChI is InChI=1S/C66H41N/c1-2-18-47-42(16-1)17-15-25-48(47)43-32-34-44(35-33-43)67(45-36-38-55-53-23-7-13-30-61(53)65(63(55)40-45)57-26-9-3-19-49(57)50-20-4-10-27-58(50)65)46-37-39-56-54-24-8-14-31-62(54)66(64(56)41-46)59-28-11-5-21-51(59)52-22-6-12-29-60(52)66/h1-41H. The summed E-state index contributed by atoms with van der Waals surface area (Å²) in [6.45, 7) is 0. The maximum atomic E-state index is 2.52. The quantitative estimate of drug-likeness (QED) is 0.171. The Morgan fingerprint density at radius 1 is 0.224 bits per heavy atom. The molecule has 4 aliphatic rings. The van der Waals surface area contributed by atoms with Gasteiger partial charge in [0.25, 0.3) is 0 Å². The van der Waals surface area contributed by atoms with Gasteiger partial charge in [-0.15, -0.1) is 0 Å². The van der Waals surface area contributed by atoms with E-state index >= 15 is 0 Å². The highest BCUT2D eigenvalue weighted by molar-refractivity contribution is 6.00. The Balaban J connectivity index is 0.990. The number of hydrogen-bond donors (Lipinski definition) is 0. The molecule has 0 aliphatic heterocycles. The van der Waals surface area contributed by atoms with Crippen molar-refractivity contribution in [2.24, 2.45) is 0 Å². The van der Waals surface area contributed by atoms with Crippen LogP contribution in [-0.4, -0.2) is 0 Å². The van der Waals surface area contributed by atoms with Gasteiger partial charge in [-0.05, 0) is 147 Å². The predicted octanol–water partition coefficient (Wildman–Crippen LogP) is 16.7. The third-order valence-corrected chi connectivity index (χ3v) is 15.7. The molecule has 310 valence electrons. The molecule has 0 fully saturated rings. The minimum Gasteiger partial charge on any atom is -0.310 e. The molecule has 0 amide bonds. The normalized spacial score (nSPS) is 14.2. The number of nitrogens with zero attached hydrogens (tertiary/aromatic N) is 1. The van der Waals surface area contributed by atoms with E-state index in [2.05, 4.69) is 254 Å². The molecule has 11 aromatic rings. The van der Waals surface area contributed by atoms with Gasteiger partial charge in [-0.2, -0.15) is 0 Å². The van der Waals surface area contributed by atoms with Gasteiger partial charge in [0, 0.05) is 17.1 Å². The molecule has 0 radical (unpaired) electrons. The lowest BCUT2D eigenvalue weighted by Crippen LogP contribution is -2.26. The fourth-order valence-electron chi connectivity index (χ4n) is 13.2. The summed E-state index contributed by atoms with van der Waals surface area (Å²) in [6.07, 6.45) is 0. The molecule has 1 nitrogen and oxygen atoms in total. The van der Waals surface area contributed by atoms with E-state index in [1.807, 2.05) is 0 Å². The van der Waals surface area contributed by atoms with Gasteiger partial charge in [-0.3, -0.25) is 0 Å². The highest BCUT2D eigenvalue weighted by Gasteiger charge is 2.53. The van der Waals surface area contributed by atoms with Gasteiger partial charge >= 0.3 is 0 Å². The first-order valence-corrected chi connectivity index (χ1v) is 23.5. The SMILES string of the molecule is c1ccc2c(c1)-c1ccccc1C21c2ccccc2-c2ccc(N(c3ccc(-c4cccc5ccccc45)cc3)c3ccc4c(c3)C3(c5ccccc5-c5ccccc53)c3ccccc3-4)cc21. The van der Waals surface area contributed by atoms with Gasteiger partial charge in [0.15, 0.2) is 0 Å². The van der Waals surface area contributed by atoms with Crippen molar-refractivity contribution in [2.45, 2.75) is 10.8 Å². The molecule has 0 saturated carbocycles. The zero-order chi connectivity index (χ0) is 43.8. The summed E-state index contributed by atoms with van der Waals surface area (Å²) >= 11 is 0. The Morgan fingerprint density at radius 2 is 0.537 bits per heavy atom. The van der Waals surface area contributed by atoms with Crippen LogP contribution >= 0.6 is 0 Å². The monoisotopic (exact) mass is 847 g/mol. The van der Waals surface area contributed by atoms with Crippen molar-refractivity contribution in [3.05, 3.63) is 293 Å². The predicted molar refractivity (Wildman–Crippen MR) is 277 cm³/mol.